The Morgan fingerprint density at radius 2 is 1.76 bits per heavy atom. The zero-order valence-electron chi connectivity index (χ0n) is 18.4. The summed E-state index contributed by atoms with van der Waals surface area (Å²) in [6, 6.07) is 13.9. The number of H-pyrrole nitrogens is 1. The third-order valence-corrected chi connectivity index (χ3v) is 5.45. The molecule has 0 aliphatic rings. The van der Waals surface area contributed by atoms with E-state index in [-0.39, 0.29) is 23.5 Å². The van der Waals surface area contributed by atoms with Crippen molar-refractivity contribution >= 4 is 10.9 Å². The standard InChI is InChI=1S/C25H30F2N2O4/c26-25(27,19-8-4-3-5-9-19)17-33-15-7-2-1-6-14-28-23(32)16-18-10-12-21(30)24-20(18)11-13-22(31)29-24/h3-5,8-13,23,28,30,32H,1-2,6-7,14-17H2,(H,29,31)/t23-/m1/s1. The highest BCUT2D eigenvalue weighted by Crippen LogP contribution is 2.28. The van der Waals surface area contributed by atoms with Crippen molar-refractivity contribution in [2.75, 3.05) is 19.8 Å². The van der Waals surface area contributed by atoms with Gasteiger partial charge >= 0.3 is 0 Å². The SMILES string of the molecule is O=c1ccc2c(C[C@@H](O)NCCCCCCOCC(F)(F)c3ccccc3)ccc(O)c2[nH]1. The number of ether oxygens (including phenoxy) is 1. The van der Waals surface area contributed by atoms with Crippen LogP contribution in [0.5, 0.6) is 5.75 Å². The lowest BCUT2D eigenvalue weighted by Crippen LogP contribution is -2.31. The Labute approximate surface area is 191 Å². The number of benzene rings is 2. The quantitative estimate of drug-likeness (QED) is 0.228. The van der Waals surface area contributed by atoms with Gasteiger partial charge in [0.25, 0.3) is 5.92 Å². The first-order chi connectivity index (χ1) is 15.9. The molecular formula is C25H30F2N2O4. The Morgan fingerprint density at radius 1 is 1.00 bits per heavy atom. The Hall–Kier alpha value is -2.81. The summed E-state index contributed by atoms with van der Waals surface area (Å²) in [5.41, 5.74) is 0.826. The highest BCUT2D eigenvalue weighted by atomic mass is 19.3. The van der Waals surface area contributed by atoms with Crippen LogP contribution in [0.15, 0.2) is 59.4 Å². The molecule has 6 nitrogen and oxygen atoms in total. The summed E-state index contributed by atoms with van der Waals surface area (Å²) in [4.78, 5) is 14.1. The highest BCUT2D eigenvalue weighted by Gasteiger charge is 2.31. The van der Waals surface area contributed by atoms with E-state index in [0.717, 1.165) is 24.8 Å². The second-order valence-electron chi connectivity index (χ2n) is 8.07. The van der Waals surface area contributed by atoms with Gasteiger partial charge in [-0.2, -0.15) is 8.78 Å². The zero-order valence-corrected chi connectivity index (χ0v) is 18.4. The minimum absolute atomic E-state index is 0.0123. The van der Waals surface area contributed by atoms with Crippen molar-refractivity contribution in [2.45, 2.75) is 44.3 Å². The number of aromatic hydroxyl groups is 1. The number of rotatable bonds is 13. The molecule has 0 fully saturated rings. The topological polar surface area (TPSA) is 94.6 Å². The van der Waals surface area contributed by atoms with Crippen molar-refractivity contribution in [3.8, 4) is 5.75 Å². The largest absolute Gasteiger partial charge is 0.506 e. The van der Waals surface area contributed by atoms with Gasteiger partial charge in [0.05, 0.1) is 5.52 Å². The van der Waals surface area contributed by atoms with Crippen LogP contribution in [0.1, 0.15) is 36.8 Å². The number of nitrogens with one attached hydrogen (secondary N) is 2. The van der Waals surface area contributed by atoms with E-state index in [4.69, 9.17) is 4.74 Å². The van der Waals surface area contributed by atoms with E-state index in [1.807, 2.05) is 0 Å². The van der Waals surface area contributed by atoms with Gasteiger partial charge in [-0.1, -0.05) is 49.2 Å². The molecule has 3 rings (SSSR count). The molecule has 0 amide bonds. The first-order valence-corrected chi connectivity index (χ1v) is 11.1. The van der Waals surface area contributed by atoms with Crippen LogP contribution in [0.4, 0.5) is 8.78 Å². The number of unbranched alkanes of at least 4 members (excludes halogenated alkanes) is 3. The molecule has 0 bridgehead atoms. The Kier molecular flexibility index (Phi) is 8.94. The maximum absolute atomic E-state index is 14.0. The number of aromatic amines is 1. The number of hydrogen-bond acceptors (Lipinski definition) is 5. The molecule has 2 aromatic carbocycles. The van der Waals surface area contributed by atoms with Gasteiger partial charge in [-0.05, 0) is 37.1 Å². The zero-order chi connectivity index (χ0) is 23.7. The van der Waals surface area contributed by atoms with Gasteiger partial charge in [0, 0.05) is 30.0 Å². The van der Waals surface area contributed by atoms with Gasteiger partial charge < -0.3 is 19.9 Å². The summed E-state index contributed by atoms with van der Waals surface area (Å²) >= 11 is 0. The minimum atomic E-state index is -2.99. The first kappa shape index (κ1) is 24.8. The molecule has 0 aliphatic heterocycles. The van der Waals surface area contributed by atoms with Crippen molar-refractivity contribution in [3.63, 3.8) is 0 Å². The van der Waals surface area contributed by atoms with Crippen LogP contribution in [-0.2, 0) is 17.1 Å². The van der Waals surface area contributed by atoms with E-state index in [0.29, 0.717) is 30.3 Å². The third kappa shape index (κ3) is 7.35. The van der Waals surface area contributed by atoms with Crippen LogP contribution in [0, 0.1) is 0 Å². The maximum Gasteiger partial charge on any atom is 0.296 e. The van der Waals surface area contributed by atoms with E-state index in [9.17, 15) is 23.8 Å². The van der Waals surface area contributed by atoms with Crippen LogP contribution in [0.25, 0.3) is 10.9 Å². The number of aliphatic hydroxyl groups excluding tert-OH is 1. The summed E-state index contributed by atoms with van der Waals surface area (Å²) in [5.74, 6) is -3.00. The average Bonchev–Trinajstić information content (AvgIpc) is 2.80. The van der Waals surface area contributed by atoms with Gasteiger partial charge in [-0.3, -0.25) is 10.1 Å². The van der Waals surface area contributed by atoms with Gasteiger partial charge in [0.15, 0.2) is 0 Å². The smallest absolute Gasteiger partial charge is 0.296 e. The van der Waals surface area contributed by atoms with Crippen LogP contribution in [-0.4, -0.2) is 41.2 Å². The second-order valence-corrected chi connectivity index (χ2v) is 8.07. The van der Waals surface area contributed by atoms with Crippen molar-refractivity contribution < 1.29 is 23.7 Å². The van der Waals surface area contributed by atoms with E-state index in [1.165, 1.54) is 24.3 Å². The molecule has 1 aromatic heterocycles. The van der Waals surface area contributed by atoms with E-state index in [1.54, 1.807) is 30.3 Å². The summed E-state index contributed by atoms with van der Waals surface area (Å²) in [7, 11) is 0. The van der Waals surface area contributed by atoms with Gasteiger partial charge in [0.1, 0.15) is 18.6 Å². The summed E-state index contributed by atoms with van der Waals surface area (Å²) in [5, 5.41) is 24.0. The number of phenols is 1. The number of halogens is 2. The molecule has 1 atom stereocenters. The Balaban J connectivity index is 1.29. The van der Waals surface area contributed by atoms with Gasteiger partial charge in [0.2, 0.25) is 5.56 Å². The predicted octanol–water partition coefficient (Wildman–Crippen LogP) is 4.05. The van der Waals surface area contributed by atoms with Crippen molar-refractivity contribution in [2.24, 2.45) is 0 Å². The van der Waals surface area contributed by atoms with E-state index in [2.05, 4.69) is 10.3 Å². The first-order valence-electron chi connectivity index (χ1n) is 11.1. The van der Waals surface area contributed by atoms with Crippen LogP contribution in [0.2, 0.25) is 0 Å². The molecule has 0 unspecified atom stereocenters. The van der Waals surface area contributed by atoms with Crippen molar-refractivity contribution in [1.29, 1.82) is 0 Å². The number of hydrogen-bond donors (Lipinski definition) is 4. The minimum Gasteiger partial charge on any atom is -0.506 e. The summed E-state index contributed by atoms with van der Waals surface area (Å²) < 4.78 is 33.2. The predicted molar refractivity (Wildman–Crippen MR) is 124 cm³/mol. The van der Waals surface area contributed by atoms with Crippen molar-refractivity contribution in [1.82, 2.24) is 10.3 Å². The molecule has 4 N–H and O–H groups in total. The maximum atomic E-state index is 14.0. The number of fused-ring (bicyclic) bond motifs is 1. The van der Waals surface area contributed by atoms with Crippen LogP contribution < -0.4 is 10.9 Å². The number of aliphatic hydroxyl groups is 1. The third-order valence-electron chi connectivity index (χ3n) is 5.45. The number of alkyl halides is 2. The molecule has 3 aromatic rings. The normalized spacial score (nSPS) is 12.8. The van der Waals surface area contributed by atoms with Crippen LogP contribution in [0.3, 0.4) is 0 Å². The number of phenolic OH excluding ortho intramolecular Hbond substituents is 1. The van der Waals surface area contributed by atoms with E-state index >= 15 is 0 Å². The molecule has 0 saturated carbocycles. The molecule has 1 heterocycles. The fraction of sp³-hybridized carbons (Fsp3) is 0.400. The van der Waals surface area contributed by atoms with Crippen molar-refractivity contribution in [3.05, 3.63) is 76.1 Å². The molecule has 178 valence electrons. The van der Waals surface area contributed by atoms with Crippen LogP contribution >= 0.6 is 0 Å². The molecule has 0 radical (unpaired) electrons. The molecule has 8 heteroatoms. The van der Waals surface area contributed by atoms with E-state index < -0.39 is 18.8 Å². The second kappa shape index (κ2) is 11.9. The molecular weight excluding hydrogens is 430 g/mol. The lowest BCUT2D eigenvalue weighted by molar-refractivity contribution is -0.0831. The number of aromatic nitrogens is 1. The van der Waals surface area contributed by atoms with Gasteiger partial charge in [-0.25, -0.2) is 0 Å². The molecule has 0 saturated heterocycles. The number of pyridine rings is 1. The fourth-order valence-electron chi connectivity index (χ4n) is 3.67. The summed E-state index contributed by atoms with van der Waals surface area (Å²) in [6.07, 6.45) is 2.83. The molecule has 0 aliphatic carbocycles. The molecule has 0 spiro atoms. The Bertz CT molecular complexity index is 1070. The highest BCUT2D eigenvalue weighted by molar-refractivity contribution is 5.87. The molecule has 33 heavy (non-hydrogen) atoms. The average molecular weight is 461 g/mol. The lowest BCUT2D eigenvalue weighted by atomic mass is 10.0. The fourth-order valence-corrected chi connectivity index (χ4v) is 3.67. The monoisotopic (exact) mass is 460 g/mol. The lowest BCUT2D eigenvalue weighted by Gasteiger charge is -2.17. The Morgan fingerprint density at radius 3 is 2.55 bits per heavy atom. The van der Waals surface area contributed by atoms with Gasteiger partial charge in [-0.15, -0.1) is 0 Å². The summed E-state index contributed by atoms with van der Waals surface area (Å²) in [6.45, 7) is 0.278.